The first-order chi connectivity index (χ1) is 13.4. The highest BCUT2D eigenvalue weighted by atomic mass is 16.6. The molecular weight excluding hydrogens is 364 g/mol. The van der Waals surface area contributed by atoms with Gasteiger partial charge < -0.3 is 15.0 Å². The van der Waals surface area contributed by atoms with E-state index < -0.39 is 6.04 Å². The van der Waals surface area contributed by atoms with Crippen LogP contribution in [0.1, 0.15) is 20.3 Å². The number of ether oxygens (including phenoxy) is 1. The van der Waals surface area contributed by atoms with Crippen LogP contribution in [0.4, 0.5) is 16.2 Å². The Labute approximate surface area is 163 Å². The van der Waals surface area contributed by atoms with Crippen molar-refractivity contribution in [1.82, 2.24) is 4.90 Å². The fraction of sp³-hybridized carbons (Fsp3) is 0.474. The van der Waals surface area contributed by atoms with Crippen molar-refractivity contribution in [2.24, 2.45) is 0 Å². The van der Waals surface area contributed by atoms with Crippen molar-refractivity contribution in [1.29, 1.82) is 0 Å². The second-order valence-electron chi connectivity index (χ2n) is 6.90. The van der Waals surface area contributed by atoms with Crippen molar-refractivity contribution < 1.29 is 28.8 Å². The van der Waals surface area contributed by atoms with Gasteiger partial charge in [0, 0.05) is 12.6 Å². The summed E-state index contributed by atoms with van der Waals surface area (Å²) in [5, 5.41) is 2.65. The number of piperazine rings is 1. The van der Waals surface area contributed by atoms with E-state index in [1.165, 1.54) is 11.8 Å². The van der Waals surface area contributed by atoms with Crippen LogP contribution in [-0.2, 0) is 19.1 Å². The maximum absolute atomic E-state index is 12.9. The predicted molar refractivity (Wildman–Crippen MR) is 101 cm³/mol. The molecule has 0 radical (unpaired) electrons. The van der Waals surface area contributed by atoms with Crippen molar-refractivity contribution in [2.45, 2.75) is 26.3 Å². The maximum Gasteiger partial charge on any atom is 0.410 e. The number of nitrogens with zero attached hydrogens (tertiary/aromatic N) is 2. The normalized spacial score (nSPS) is 20.4. The van der Waals surface area contributed by atoms with Gasteiger partial charge in [-0.2, -0.15) is 0 Å². The zero-order valence-corrected chi connectivity index (χ0v) is 16.1. The molecule has 9 heteroatoms. The Bertz CT molecular complexity index is 771. The molecule has 0 saturated carbocycles. The summed E-state index contributed by atoms with van der Waals surface area (Å²) in [6.07, 6.45) is -0.183. The number of carbonyl (C=O) groups is 4. The third kappa shape index (κ3) is 4.14. The largest absolute Gasteiger partial charge is 0.450 e. The number of anilines is 2. The highest BCUT2D eigenvalue weighted by molar-refractivity contribution is 6.21. The maximum atomic E-state index is 12.9. The van der Waals surface area contributed by atoms with E-state index in [-0.39, 0.29) is 30.2 Å². The molecule has 2 aliphatic heterocycles. The zero-order valence-electron chi connectivity index (χ0n) is 16.1. The summed E-state index contributed by atoms with van der Waals surface area (Å²) in [5.41, 5.74) is 1.10. The molecule has 0 aromatic heterocycles. The van der Waals surface area contributed by atoms with Crippen LogP contribution in [0.15, 0.2) is 24.3 Å². The van der Waals surface area contributed by atoms with E-state index in [1.54, 1.807) is 36.1 Å². The Kier molecular flexibility index (Phi) is 5.93. The third-order valence-electron chi connectivity index (χ3n) is 5.02. The molecule has 2 saturated heterocycles. The summed E-state index contributed by atoms with van der Waals surface area (Å²) in [5.74, 6) is -0.647. The molecule has 2 aliphatic rings. The summed E-state index contributed by atoms with van der Waals surface area (Å²) in [4.78, 5) is 52.2. The number of imide groups is 1. The highest BCUT2D eigenvalue weighted by Crippen LogP contribution is 2.24. The predicted octanol–water partition coefficient (Wildman–Crippen LogP) is -0.366. The number of quaternary nitrogens is 1. The Morgan fingerprint density at radius 1 is 1.18 bits per heavy atom. The van der Waals surface area contributed by atoms with Crippen LogP contribution >= 0.6 is 0 Å². The van der Waals surface area contributed by atoms with E-state index in [0.29, 0.717) is 44.2 Å². The van der Waals surface area contributed by atoms with Gasteiger partial charge in [-0.15, -0.1) is 0 Å². The van der Waals surface area contributed by atoms with Gasteiger partial charge in [0.15, 0.2) is 6.04 Å². The van der Waals surface area contributed by atoms with Crippen LogP contribution in [0, 0.1) is 0 Å². The number of rotatable bonds is 4. The zero-order chi connectivity index (χ0) is 20.3. The Hall–Kier alpha value is -2.94. The molecule has 1 atom stereocenters. The topological polar surface area (TPSA) is 100 Å². The van der Waals surface area contributed by atoms with Crippen molar-refractivity contribution in [2.75, 3.05) is 43.0 Å². The molecule has 0 bridgehead atoms. The molecule has 1 aromatic rings. The minimum absolute atomic E-state index is 0.154. The minimum Gasteiger partial charge on any atom is -0.450 e. The first-order valence-electron chi connectivity index (χ1n) is 9.41. The van der Waals surface area contributed by atoms with E-state index in [0.717, 1.165) is 4.90 Å². The van der Waals surface area contributed by atoms with Crippen molar-refractivity contribution in [3.8, 4) is 0 Å². The van der Waals surface area contributed by atoms with E-state index in [4.69, 9.17) is 4.74 Å². The number of hydrogen-bond acceptors (Lipinski definition) is 5. The fourth-order valence-electron chi connectivity index (χ4n) is 3.66. The number of carbonyl (C=O) groups excluding carboxylic acids is 4. The molecule has 2 fully saturated rings. The lowest BCUT2D eigenvalue weighted by molar-refractivity contribution is -0.918. The number of hydrogen-bond donors (Lipinski definition) is 2. The summed E-state index contributed by atoms with van der Waals surface area (Å²) >= 11 is 0. The monoisotopic (exact) mass is 389 g/mol. The van der Waals surface area contributed by atoms with E-state index in [9.17, 15) is 19.2 Å². The third-order valence-corrected chi connectivity index (χ3v) is 5.02. The van der Waals surface area contributed by atoms with Gasteiger partial charge in [0.1, 0.15) is 0 Å². The SMILES string of the molecule is CCOC(=O)N1CC[NH+]([C@H]2CC(=O)N(c3ccc(NC(C)=O)cc3)C2=O)CC1. The molecule has 2 heterocycles. The highest BCUT2D eigenvalue weighted by Gasteiger charge is 2.46. The van der Waals surface area contributed by atoms with Gasteiger partial charge in [-0.25, -0.2) is 9.69 Å². The first-order valence-corrected chi connectivity index (χ1v) is 9.41. The fourth-order valence-corrected chi connectivity index (χ4v) is 3.66. The number of amides is 4. The molecule has 2 N–H and O–H groups in total. The van der Waals surface area contributed by atoms with Crippen LogP contribution in [0.25, 0.3) is 0 Å². The quantitative estimate of drug-likeness (QED) is 0.685. The van der Waals surface area contributed by atoms with E-state index in [2.05, 4.69) is 5.32 Å². The molecule has 28 heavy (non-hydrogen) atoms. The summed E-state index contributed by atoms with van der Waals surface area (Å²) in [7, 11) is 0. The van der Waals surface area contributed by atoms with E-state index >= 15 is 0 Å². The second-order valence-corrected chi connectivity index (χ2v) is 6.90. The van der Waals surface area contributed by atoms with Crippen molar-refractivity contribution >= 4 is 35.2 Å². The smallest absolute Gasteiger partial charge is 0.410 e. The Morgan fingerprint density at radius 3 is 2.39 bits per heavy atom. The van der Waals surface area contributed by atoms with Gasteiger partial charge in [0.2, 0.25) is 11.8 Å². The van der Waals surface area contributed by atoms with Gasteiger partial charge >= 0.3 is 6.09 Å². The number of nitrogens with one attached hydrogen (secondary N) is 2. The van der Waals surface area contributed by atoms with Crippen LogP contribution < -0.4 is 15.1 Å². The van der Waals surface area contributed by atoms with Gasteiger partial charge in [0.25, 0.3) is 5.91 Å². The van der Waals surface area contributed by atoms with Gasteiger partial charge in [-0.1, -0.05) is 0 Å². The van der Waals surface area contributed by atoms with Gasteiger partial charge in [-0.05, 0) is 31.2 Å². The average molecular weight is 389 g/mol. The lowest BCUT2D eigenvalue weighted by Crippen LogP contribution is -3.19. The minimum atomic E-state index is -0.438. The lowest BCUT2D eigenvalue weighted by Gasteiger charge is -2.33. The van der Waals surface area contributed by atoms with Crippen LogP contribution in [0.3, 0.4) is 0 Å². The molecule has 0 spiro atoms. The second kappa shape index (κ2) is 8.39. The summed E-state index contributed by atoms with van der Waals surface area (Å²) in [6, 6.07) is 6.19. The first kappa shape index (κ1) is 19.8. The number of benzene rings is 1. The summed E-state index contributed by atoms with van der Waals surface area (Å²) in [6.45, 7) is 5.69. The van der Waals surface area contributed by atoms with Crippen molar-refractivity contribution in [3.05, 3.63) is 24.3 Å². The summed E-state index contributed by atoms with van der Waals surface area (Å²) < 4.78 is 5.01. The Balaban J connectivity index is 1.64. The molecule has 0 unspecified atom stereocenters. The lowest BCUT2D eigenvalue weighted by atomic mass is 10.2. The van der Waals surface area contributed by atoms with Crippen LogP contribution in [-0.4, -0.2) is 67.5 Å². The van der Waals surface area contributed by atoms with Crippen molar-refractivity contribution in [3.63, 3.8) is 0 Å². The Morgan fingerprint density at radius 2 is 1.82 bits per heavy atom. The molecule has 1 aromatic carbocycles. The standard InChI is InChI=1S/C19H24N4O5/c1-3-28-19(27)22-10-8-21(9-11-22)16-12-17(25)23(18(16)26)15-6-4-14(5-7-15)20-13(2)24/h4-7,16H,3,8-12H2,1-2H3,(H,20,24)/p+1/t16-/m0/s1. The molecule has 4 amide bonds. The molecule has 3 rings (SSSR count). The molecule has 150 valence electrons. The van der Waals surface area contributed by atoms with E-state index in [1.807, 2.05) is 0 Å². The van der Waals surface area contributed by atoms with Crippen LogP contribution in [0.5, 0.6) is 0 Å². The van der Waals surface area contributed by atoms with Gasteiger partial charge in [-0.3, -0.25) is 19.3 Å². The molecule has 9 nitrogen and oxygen atoms in total. The average Bonchev–Trinajstić information content (AvgIpc) is 2.97. The van der Waals surface area contributed by atoms with Gasteiger partial charge in [0.05, 0.1) is 44.9 Å². The van der Waals surface area contributed by atoms with Crippen LogP contribution in [0.2, 0.25) is 0 Å². The molecule has 0 aliphatic carbocycles. The molecular formula is C19H25N4O5+.